The maximum absolute atomic E-state index is 12.1. The molecule has 2 atom stereocenters. The number of aryl methyl sites for hydroxylation is 1. The fourth-order valence-electron chi connectivity index (χ4n) is 2.96. The second kappa shape index (κ2) is 13.0. The number of alkyl carbamates (subject to hydrolysis) is 1. The summed E-state index contributed by atoms with van der Waals surface area (Å²) in [5.74, 6) is -1.14. The number of nitrogens with two attached hydrogens (primary N) is 1. The van der Waals surface area contributed by atoms with Crippen LogP contribution in [0.3, 0.4) is 0 Å². The molecule has 0 heterocycles. The van der Waals surface area contributed by atoms with Crippen molar-refractivity contribution in [3.05, 3.63) is 71.8 Å². The third kappa shape index (κ3) is 9.77. The average Bonchev–Trinajstić information content (AvgIpc) is 2.77. The summed E-state index contributed by atoms with van der Waals surface area (Å²) in [6.07, 6.45) is -0.258. The minimum absolute atomic E-state index is 0.104. The average molecular weight is 428 g/mol. The number of aliphatic hydroxyl groups excluding tert-OH is 1. The maximum atomic E-state index is 12.1. The van der Waals surface area contributed by atoms with Crippen molar-refractivity contribution >= 4 is 17.9 Å². The predicted molar refractivity (Wildman–Crippen MR) is 116 cm³/mol. The molecule has 8 heteroatoms. The Morgan fingerprint density at radius 2 is 1.58 bits per heavy atom. The normalized spacial score (nSPS) is 12.4. The number of nitrogens with one attached hydrogen (secondary N) is 2. The van der Waals surface area contributed by atoms with Crippen molar-refractivity contribution < 1.29 is 24.2 Å². The first-order chi connectivity index (χ1) is 14.9. The van der Waals surface area contributed by atoms with E-state index < -0.39 is 30.1 Å². The van der Waals surface area contributed by atoms with E-state index in [1.165, 1.54) is 0 Å². The molecule has 0 aromatic heterocycles. The topological polar surface area (TPSA) is 131 Å². The van der Waals surface area contributed by atoms with Crippen LogP contribution in [0.5, 0.6) is 0 Å². The van der Waals surface area contributed by atoms with Crippen LogP contribution >= 0.6 is 0 Å². The van der Waals surface area contributed by atoms with E-state index in [2.05, 4.69) is 10.6 Å². The first kappa shape index (κ1) is 23.9. The van der Waals surface area contributed by atoms with Crippen molar-refractivity contribution in [3.63, 3.8) is 0 Å². The van der Waals surface area contributed by atoms with Crippen molar-refractivity contribution in [3.8, 4) is 0 Å². The molecule has 0 fully saturated rings. The van der Waals surface area contributed by atoms with Crippen LogP contribution in [0.4, 0.5) is 4.79 Å². The van der Waals surface area contributed by atoms with E-state index in [-0.39, 0.29) is 19.6 Å². The van der Waals surface area contributed by atoms with Gasteiger partial charge in [-0.2, -0.15) is 0 Å². The van der Waals surface area contributed by atoms with Crippen LogP contribution in [-0.4, -0.2) is 41.7 Å². The van der Waals surface area contributed by atoms with Crippen LogP contribution in [0.1, 0.15) is 30.4 Å². The molecule has 3 amide bonds. The molecule has 0 aliphatic carbocycles. The molecule has 8 nitrogen and oxygen atoms in total. The molecule has 0 saturated carbocycles. The molecule has 0 saturated heterocycles. The number of ether oxygens (including phenoxy) is 1. The SMILES string of the molecule is NC(=O)[C@H](CCCc1ccccc1)NC(=O)C[C@H](O)CNC(=O)OCc1ccccc1. The van der Waals surface area contributed by atoms with Crippen molar-refractivity contribution in [2.45, 2.75) is 44.4 Å². The van der Waals surface area contributed by atoms with Gasteiger partial charge in [-0.15, -0.1) is 0 Å². The lowest BCUT2D eigenvalue weighted by Gasteiger charge is -2.17. The molecule has 5 N–H and O–H groups in total. The van der Waals surface area contributed by atoms with Gasteiger partial charge >= 0.3 is 6.09 Å². The standard InChI is InChI=1S/C23H29N3O5/c24-22(29)20(13-7-12-17-8-3-1-4-9-17)26-21(28)14-19(27)15-25-23(30)31-16-18-10-5-2-6-11-18/h1-6,8-11,19-20,27H,7,12-16H2,(H2,24,29)(H,25,30)(H,26,28)/t19-,20-/m0/s1. The molecule has 2 aromatic carbocycles. The van der Waals surface area contributed by atoms with E-state index in [0.29, 0.717) is 12.8 Å². The molecular weight excluding hydrogens is 398 g/mol. The monoisotopic (exact) mass is 427 g/mol. The van der Waals surface area contributed by atoms with Crippen LogP contribution in [0, 0.1) is 0 Å². The molecule has 2 rings (SSSR count). The molecule has 0 bridgehead atoms. The molecule has 0 radical (unpaired) electrons. The highest BCUT2D eigenvalue weighted by molar-refractivity contribution is 5.86. The van der Waals surface area contributed by atoms with Gasteiger partial charge in [-0.3, -0.25) is 9.59 Å². The molecular formula is C23H29N3O5. The van der Waals surface area contributed by atoms with Crippen molar-refractivity contribution in [1.29, 1.82) is 0 Å². The maximum Gasteiger partial charge on any atom is 0.407 e. The van der Waals surface area contributed by atoms with E-state index >= 15 is 0 Å². The van der Waals surface area contributed by atoms with E-state index in [0.717, 1.165) is 17.5 Å². The lowest BCUT2D eigenvalue weighted by molar-refractivity contribution is -0.128. The van der Waals surface area contributed by atoms with Gasteiger partial charge < -0.3 is 26.2 Å². The van der Waals surface area contributed by atoms with Gasteiger partial charge in [0, 0.05) is 6.54 Å². The Hall–Kier alpha value is -3.39. The third-order valence-electron chi connectivity index (χ3n) is 4.60. The summed E-state index contributed by atoms with van der Waals surface area (Å²) >= 11 is 0. The van der Waals surface area contributed by atoms with Crippen LogP contribution in [-0.2, 0) is 27.4 Å². The predicted octanol–water partition coefficient (Wildman–Crippen LogP) is 1.66. The zero-order valence-corrected chi connectivity index (χ0v) is 17.3. The first-order valence-electron chi connectivity index (χ1n) is 10.2. The molecule has 2 aromatic rings. The van der Waals surface area contributed by atoms with E-state index in [1.807, 2.05) is 60.7 Å². The zero-order chi connectivity index (χ0) is 22.5. The number of rotatable bonds is 12. The van der Waals surface area contributed by atoms with Crippen molar-refractivity contribution in [2.24, 2.45) is 5.73 Å². The summed E-state index contributed by atoms with van der Waals surface area (Å²) in [5.41, 5.74) is 7.36. The van der Waals surface area contributed by atoms with Gasteiger partial charge in [0.25, 0.3) is 0 Å². The van der Waals surface area contributed by atoms with Gasteiger partial charge in [0.15, 0.2) is 0 Å². The molecule has 31 heavy (non-hydrogen) atoms. The smallest absolute Gasteiger partial charge is 0.407 e. The number of amides is 3. The number of carbonyl (C=O) groups is 3. The third-order valence-corrected chi connectivity index (χ3v) is 4.60. The fraction of sp³-hybridized carbons (Fsp3) is 0.348. The number of carbonyl (C=O) groups excluding carboxylic acids is 3. The number of benzene rings is 2. The summed E-state index contributed by atoms with van der Waals surface area (Å²) < 4.78 is 5.04. The Balaban J connectivity index is 1.66. The lowest BCUT2D eigenvalue weighted by Crippen LogP contribution is -2.46. The highest BCUT2D eigenvalue weighted by Gasteiger charge is 2.20. The Bertz CT molecular complexity index is 830. The second-order valence-electron chi connectivity index (χ2n) is 7.20. The largest absolute Gasteiger partial charge is 0.445 e. The zero-order valence-electron chi connectivity index (χ0n) is 17.3. The Morgan fingerprint density at radius 1 is 0.968 bits per heavy atom. The second-order valence-corrected chi connectivity index (χ2v) is 7.20. The molecule has 0 spiro atoms. The quantitative estimate of drug-likeness (QED) is 0.409. The fourth-order valence-corrected chi connectivity index (χ4v) is 2.96. The molecule has 0 aliphatic heterocycles. The Kier molecular flexibility index (Phi) is 10.0. The van der Waals surface area contributed by atoms with Crippen LogP contribution in [0.25, 0.3) is 0 Å². The van der Waals surface area contributed by atoms with Crippen molar-refractivity contribution in [1.82, 2.24) is 10.6 Å². The Morgan fingerprint density at radius 3 is 2.19 bits per heavy atom. The van der Waals surface area contributed by atoms with Crippen molar-refractivity contribution in [2.75, 3.05) is 6.54 Å². The first-order valence-corrected chi connectivity index (χ1v) is 10.2. The minimum Gasteiger partial charge on any atom is -0.445 e. The summed E-state index contributed by atoms with van der Waals surface area (Å²) in [4.78, 5) is 35.5. The molecule has 0 unspecified atom stereocenters. The number of hydrogen-bond donors (Lipinski definition) is 4. The van der Waals surface area contributed by atoms with Gasteiger partial charge in [-0.05, 0) is 30.4 Å². The summed E-state index contributed by atoms with van der Waals surface area (Å²) in [6.45, 7) is -0.0528. The molecule has 166 valence electrons. The highest BCUT2D eigenvalue weighted by atomic mass is 16.5. The molecule has 0 aliphatic rings. The van der Waals surface area contributed by atoms with E-state index in [1.54, 1.807) is 0 Å². The van der Waals surface area contributed by atoms with Gasteiger partial charge in [0.05, 0.1) is 12.5 Å². The summed E-state index contributed by atoms with van der Waals surface area (Å²) in [5, 5.41) is 14.9. The minimum atomic E-state index is -1.12. The van der Waals surface area contributed by atoms with Crippen LogP contribution in [0.15, 0.2) is 60.7 Å². The van der Waals surface area contributed by atoms with Gasteiger partial charge in [-0.1, -0.05) is 60.7 Å². The summed E-state index contributed by atoms with van der Waals surface area (Å²) in [6, 6.07) is 18.1. The van der Waals surface area contributed by atoms with Gasteiger partial charge in [-0.25, -0.2) is 4.79 Å². The Labute approximate surface area is 181 Å². The number of primary amides is 1. The summed E-state index contributed by atoms with van der Waals surface area (Å²) in [7, 11) is 0. The number of hydrogen-bond acceptors (Lipinski definition) is 5. The van der Waals surface area contributed by atoms with Crippen LogP contribution < -0.4 is 16.4 Å². The number of aliphatic hydroxyl groups is 1. The van der Waals surface area contributed by atoms with E-state index in [4.69, 9.17) is 10.5 Å². The van der Waals surface area contributed by atoms with Crippen LogP contribution in [0.2, 0.25) is 0 Å². The highest BCUT2D eigenvalue weighted by Crippen LogP contribution is 2.07. The van der Waals surface area contributed by atoms with Gasteiger partial charge in [0.1, 0.15) is 12.6 Å². The van der Waals surface area contributed by atoms with Gasteiger partial charge in [0.2, 0.25) is 11.8 Å². The van der Waals surface area contributed by atoms with E-state index in [9.17, 15) is 19.5 Å². The lowest BCUT2D eigenvalue weighted by atomic mass is 10.0.